The average Bonchev–Trinajstić information content (AvgIpc) is 2.46. The van der Waals surface area contributed by atoms with Crippen LogP contribution in [0.25, 0.3) is 0 Å². The second-order valence-electron chi connectivity index (χ2n) is 4.65. The zero-order valence-electron chi connectivity index (χ0n) is 12.0. The first-order chi connectivity index (χ1) is 9.97. The predicted molar refractivity (Wildman–Crippen MR) is 78.8 cm³/mol. The lowest BCUT2D eigenvalue weighted by Crippen LogP contribution is -2.32. The Hall–Kier alpha value is -2.62. The maximum atomic E-state index is 11.6. The Bertz CT molecular complexity index is 566. The van der Waals surface area contributed by atoms with Crippen molar-refractivity contribution in [3.05, 3.63) is 33.9 Å². The van der Waals surface area contributed by atoms with E-state index in [4.69, 9.17) is 5.26 Å². The highest BCUT2D eigenvalue weighted by Gasteiger charge is 2.14. The van der Waals surface area contributed by atoms with Gasteiger partial charge in [-0.2, -0.15) is 5.26 Å². The lowest BCUT2D eigenvalue weighted by Gasteiger charge is -2.12. The fourth-order valence-electron chi connectivity index (χ4n) is 1.67. The molecule has 2 N–H and O–H groups in total. The Kier molecular flexibility index (Phi) is 6.14. The zero-order chi connectivity index (χ0) is 15.8. The number of nitro groups is 1. The van der Waals surface area contributed by atoms with Gasteiger partial charge >= 0.3 is 0 Å². The topological polar surface area (TPSA) is 108 Å². The summed E-state index contributed by atoms with van der Waals surface area (Å²) in [6.07, 6.45) is 1.05. The van der Waals surface area contributed by atoms with E-state index in [9.17, 15) is 14.9 Å². The van der Waals surface area contributed by atoms with Crippen LogP contribution in [0, 0.1) is 21.4 Å². The molecule has 21 heavy (non-hydrogen) atoms. The highest BCUT2D eigenvalue weighted by molar-refractivity contribution is 5.77. The van der Waals surface area contributed by atoms with Crippen LogP contribution in [0.15, 0.2) is 18.2 Å². The van der Waals surface area contributed by atoms with Crippen LogP contribution in [0.4, 0.5) is 11.4 Å². The highest BCUT2D eigenvalue weighted by atomic mass is 16.6. The van der Waals surface area contributed by atoms with E-state index in [-0.39, 0.29) is 36.3 Å². The number of hydrogen-bond donors (Lipinski definition) is 2. The highest BCUT2D eigenvalue weighted by Crippen LogP contribution is 2.25. The van der Waals surface area contributed by atoms with Gasteiger partial charge in [0.15, 0.2) is 0 Å². The lowest BCUT2D eigenvalue weighted by atomic mass is 10.2. The second kappa shape index (κ2) is 7.85. The molecular formula is C14H18N4O3. The van der Waals surface area contributed by atoms with Gasteiger partial charge in [-0.3, -0.25) is 14.9 Å². The van der Waals surface area contributed by atoms with Crippen LogP contribution in [0.2, 0.25) is 0 Å². The summed E-state index contributed by atoms with van der Waals surface area (Å²) in [4.78, 5) is 22.0. The predicted octanol–water partition coefficient (Wildman–Crippen LogP) is 2.18. The van der Waals surface area contributed by atoms with E-state index < -0.39 is 4.92 Å². The van der Waals surface area contributed by atoms with E-state index in [1.165, 1.54) is 18.2 Å². The number of rotatable bonds is 7. The molecular weight excluding hydrogens is 272 g/mol. The van der Waals surface area contributed by atoms with Gasteiger partial charge in [-0.15, -0.1) is 0 Å². The number of nitrogens with one attached hydrogen (secondary N) is 2. The molecule has 0 spiro atoms. The summed E-state index contributed by atoms with van der Waals surface area (Å²) in [6, 6.07) is 6.10. The molecule has 0 aliphatic rings. The van der Waals surface area contributed by atoms with Gasteiger partial charge in [0.2, 0.25) is 5.91 Å². The monoisotopic (exact) mass is 290 g/mol. The van der Waals surface area contributed by atoms with Gasteiger partial charge in [-0.05, 0) is 25.5 Å². The Morgan fingerprint density at radius 3 is 2.81 bits per heavy atom. The van der Waals surface area contributed by atoms with E-state index in [0.29, 0.717) is 5.56 Å². The van der Waals surface area contributed by atoms with Crippen molar-refractivity contribution in [2.75, 3.05) is 11.9 Å². The van der Waals surface area contributed by atoms with Crippen LogP contribution in [0.3, 0.4) is 0 Å². The summed E-state index contributed by atoms with van der Waals surface area (Å²) in [5.74, 6) is -0.115. The second-order valence-corrected chi connectivity index (χ2v) is 4.65. The molecule has 0 fully saturated rings. The molecule has 0 aliphatic carbocycles. The number of nitro benzene ring substituents is 1. The molecule has 7 heteroatoms. The van der Waals surface area contributed by atoms with Crippen molar-refractivity contribution in [2.24, 2.45) is 0 Å². The normalized spacial score (nSPS) is 11.3. The van der Waals surface area contributed by atoms with Crippen molar-refractivity contribution in [1.82, 2.24) is 5.32 Å². The van der Waals surface area contributed by atoms with Crippen LogP contribution in [0.1, 0.15) is 32.3 Å². The minimum absolute atomic E-state index is 0.105. The molecule has 0 saturated heterocycles. The molecule has 0 aromatic heterocycles. The van der Waals surface area contributed by atoms with E-state index in [0.717, 1.165) is 6.42 Å². The van der Waals surface area contributed by atoms with Crippen LogP contribution >= 0.6 is 0 Å². The van der Waals surface area contributed by atoms with Crippen molar-refractivity contribution < 1.29 is 9.72 Å². The standard InChI is InChI=1S/C14H18N4O3/c1-3-10(2)17-14(19)6-7-16-12-8-11(9-15)4-5-13(12)18(20)21/h4-5,8,10,16H,3,6-7H2,1-2H3,(H,17,19). The van der Waals surface area contributed by atoms with Crippen LogP contribution in [0.5, 0.6) is 0 Å². The molecule has 1 unspecified atom stereocenters. The van der Waals surface area contributed by atoms with Gasteiger partial charge in [0, 0.05) is 25.1 Å². The molecule has 1 amide bonds. The Morgan fingerprint density at radius 1 is 1.52 bits per heavy atom. The molecule has 1 rings (SSSR count). The third kappa shape index (κ3) is 5.10. The van der Waals surface area contributed by atoms with Crippen molar-refractivity contribution in [3.63, 3.8) is 0 Å². The number of nitriles is 1. The van der Waals surface area contributed by atoms with Gasteiger partial charge < -0.3 is 10.6 Å². The smallest absolute Gasteiger partial charge is 0.292 e. The van der Waals surface area contributed by atoms with Gasteiger partial charge in [-0.1, -0.05) is 6.92 Å². The van der Waals surface area contributed by atoms with Gasteiger partial charge in [0.05, 0.1) is 16.6 Å². The molecule has 0 heterocycles. The fourth-order valence-corrected chi connectivity index (χ4v) is 1.67. The molecule has 1 atom stereocenters. The molecule has 1 aromatic rings. The minimum Gasteiger partial charge on any atom is -0.379 e. The summed E-state index contributed by atoms with van der Waals surface area (Å²) in [7, 11) is 0. The number of carbonyl (C=O) groups is 1. The Labute approximate surface area is 123 Å². The first-order valence-electron chi connectivity index (χ1n) is 6.69. The molecule has 112 valence electrons. The molecule has 0 radical (unpaired) electrons. The Balaban J connectivity index is 2.64. The fraction of sp³-hybridized carbons (Fsp3) is 0.429. The van der Waals surface area contributed by atoms with Crippen LogP contribution < -0.4 is 10.6 Å². The van der Waals surface area contributed by atoms with E-state index >= 15 is 0 Å². The third-order valence-corrected chi connectivity index (χ3v) is 3.01. The number of carbonyl (C=O) groups excluding carboxylic acids is 1. The van der Waals surface area contributed by atoms with Gasteiger partial charge in [-0.25, -0.2) is 0 Å². The van der Waals surface area contributed by atoms with Crippen molar-refractivity contribution in [3.8, 4) is 6.07 Å². The molecule has 0 saturated carbocycles. The quantitative estimate of drug-likeness (QED) is 0.591. The van der Waals surface area contributed by atoms with Gasteiger partial charge in [0.1, 0.15) is 5.69 Å². The number of hydrogen-bond acceptors (Lipinski definition) is 5. The van der Waals surface area contributed by atoms with Crippen LogP contribution in [-0.4, -0.2) is 23.4 Å². The number of amides is 1. The van der Waals surface area contributed by atoms with Crippen LogP contribution in [-0.2, 0) is 4.79 Å². The lowest BCUT2D eigenvalue weighted by molar-refractivity contribution is -0.384. The number of benzene rings is 1. The minimum atomic E-state index is -0.525. The average molecular weight is 290 g/mol. The van der Waals surface area contributed by atoms with E-state index in [1.54, 1.807) is 0 Å². The summed E-state index contributed by atoms with van der Waals surface area (Å²) < 4.78 is 0. The molecule has 0 bridgehead atoms. The zero-order valence-corrected chi connectivity index (χ0v) is 12.0. The first-order valence-corrected chi connectivity index (χ1v) is 6.69. The summed E-state index contributed by atoms with van der Waals surface area (Å²) >= 11 is 0. The molecule has 0 aliphatic heterocycles. The largest absolute Gasteiger partial charge is 0.379 e. The maximum absolute atomic E-state index is 11.6. The molecule has 7 nitrogen and oxygen atoms in total. The number of nitrogens with zero attached hydrogens (tertiary/aromatic N) is 2. The third-order valence-electron chi connectivity index (χ3n) is 3.01. The molecule has 1 aromatic carbocycles. The maximum Gasteiger partial charge on any atom is 0.292 e. The Morgan fingerprint density at radius 2 is 2.24 bits per heavy atom. The first kappa shape index (κ1) is 16.4. The van der Waals surface area contributed by atoms with Crippen molar-refractivity contribution in [2.45, 2.75) is 32.7 Å². The summed E-state index contributed by atoms with van der Waals surface area (Å²) in [6.45, 7) is 4.14. The van der Waals surface area contributed by atoms with Crippen molar-refractivity contribution in [1.29, 1.82) is 5.26 Å². The number of anilines is 1. The summed E-state index contributed by atoms with van der Waals surface area (Å²) in [5, 5.41) is 25.4. The van der Waals surface area contributed by atoms with Crippen molar-refractivity contribution >= 4 is 17.3 Å². The SMILES string of the molecule is CCC(C)NC(=O)CCNc1cc(C#N)ccc1[N+](=O)[O-]. The van der Waals surface area contributed by atoms with E-state index in [1.807, 2.05) is 19.9 Å². The van der Waals surface area contributed by atoms with E-state index in [2.05, 4.69) is 10.6 Å². The summed E-state index contributed by atoms with van der Waals surface area (Å²) in [5.41, 5.74) is 0.457. The van der Waals surface area contributed by atoms with Gasteiger partial charge in [0.25, 0.3) is 5.69 Å².